The number of carbonyl (C=O) groups excluding carboxylic acids is 2. The highest BCUT2D eigenvalue weighted by molar-refractivity contribution is 5.87. The number of alkyl carbamates (subject to hydrolysis) is 1. The van der Waals surface area contributed by atoms with Crippen molar-refractivity contribution in [3.8, 4) is 5.75 Å². The molecule has 0 aliphatic carbocycles. The van der Waals surface area contributed by atoms with Gasteiger partial charge in [0.15, 0.2) is 0 Å². The standard InChI is InChI=1S/C18H25NO5/c1-12-10-13(8-9-19-17(22)24-18(2,3)4)11-14(16(12)21)6-7-15(20)23-5/h6-7,10-11,21H,8-9H2,1-5H3,(H,19,22)/b7-6+. The van der Waals surface area contributed by atoms with Gasteiger partial charge in [0, 0.05) is 18.2 Å². The van der Waals surface area contributed by atoms with Crippen LogP contribution in [0.2, 0.25) is 0 Å². The average molecular weight is 335 g/mol. The third-order valence-electron chi connectivity index (χ3n) is 3.07. The molecule has 0 saturated carbocycles. The number of aromatic hydroxyl groups is 1. The maximum absolute atomic E-state index is 11.6. The lowest BCUT2D eigenvalue weighted by molar-refractivity contribution is -0.134. The molecule has 6 nitrogen and oxygen atoms in total. The van der Waals surface area contributed by atoms with Crippen LogP contribution in [-0.4, -0.2) is 36.4 Å². The highest BCUT2D eigenvalue weighted by Gasteiger charge is 2.15. The number of esters is 1. The molecule has 0 spiro atoms. The molecule has 132 valence electrons. The van der Waals surface area contributed by atoms with Crippen molar-refractivity contribution in [2.45, 2.75) is 39.7 Å². The van der Waals surface area contributed by atoms with Crippen molar-refractivity contribution in [3.05, 3.63) is 34.9 Å². The Bertz CT molecular complexity index is 629. The number of rotatable bonds is 5. The zero-order chi connectivity index (χ0) is 18.3. The Morgan fingerprint density at radius 3 is 2.54 bits per heavy atom. The first-order valence-electron chi connectivity index (χ1n) is 7.67. The number of ether oxygens (including phenoxy) is 2. The van der Waals surface area contributed by atoms with Crippen LogP contribution in [0, 0.1) is 6.92 Å². The quantitative estimate of drug-likeness (QED) is 0.638. The van der Waals surface area contributed by atoms with E-state index in [1.165, 1.54) is 19.3 Å². The number of benzene rings is 1. The third-order valence-corrected chi connectivity index (χ3v) is 3.07. The maximum atomic E-state index is 11.6. The molecular formula is C18H25NO5. The van der Waals surface area contributed by atoms with Crippen molar-refractivity contribution in [3.63, 3.8) is 0 Å². The molecule has 0 bridgehead atoms. The first-order valence-corrected chi connectivity index (χ1v) is 7.67. The van der Waals surface area contributed by atoms with Gasteiger partial charge < -0.3 is 19.9 Å². The van der Waals surface area contributed by atoms with E-state index in [0.717, 1.165) is 5.56 Å². The number of carbonyl (C=O) groups is 2. The molecule has 0 aromatic heterocycles. The first kappa shape index (κ1) is 19.5. The Labute approximate surface area is 142 Å². The van der Waals surface area contributed by atoms with Gasteiger partial charge in [0.1, 0.15) is 11.4 Å². The maximum Gasteiger partial charge on any atom is 0.407 e. The first-order chi connectivity index (χ1) is 11.1. The normalized spacial score (nSPS) is 11.4. The van der Waals surface area contributed by atoms with Crippen LogP contribution in [0.3, 0.4) is 0 Å². The second kappa shape index (κ2) is 8.38. The van der Waals surface area contributed by atoms with E-state index in [4.69, 9.17) is 4.74 Å². The summed E-state index contributed by atoms with van der Waals surface area (Å²) in [6, 6.07) is 3.60. The SMILES string of the molecule is COC(=O)/C=C/c1cc(CCNC(=O)OC(C)(C)C)cc(C)c1O. The van der Waals surface area contributed by atoms with Gasteiger partial charge in [0.05, 0.1) is 7.11 Å². The molecular weight excluding hydrogens is 310 g/mol. The van der Waals surface area contributed by atoms with Gasteiger partial charge in [-0.05, 0) is 57.4 Å². The van der Waals surface area contributed by atoms with E-state index in [-0.39, 0.29) is 5.75 Å². The van der Waals surface area contributed by atoms with E-state index in [1.807, 2.05) is 6.07 Å². The van der Waals surface area contributed by atoms with Gasteiger partial charge in [-0.25, -0.2) is 9.59 Å². The summed E-state index contributed by atoms with van der Waals surface area (Å²) in [5.74, 6) is -0.386. The summed E-state index contributed by atoms with van der Waals surface area (Å²) < 4.78 is 9.70. The molecule has 0 unspecified atom stereocenters. The van der Waals surface area contributed by atoms with E-state index >= 15 is 0 Å². The average Bonchev–Trinajstić information content (AvgIpc) is 2.47. The number of aryl methyl sites for hydroxylation is 1. The molecule has 1 amide bonds. The summed E-state index contributed by atoms with van der Waals surface area (Å²) >= 11 is 0. The van der Waals surface area contributed by atoms with E-state index in [0.29, 0.717) is 24.1 Å². The fourth-order valence-corrected chi connectivity index (χ4v) is 2.00. The monoisotopic (exact) mass is 335 g/mol. The van der Waals surface area contributed by atoms with E-state index < -0.39 is 17.7 Å². The van der Waals surface area contributed by atoms with Crippen molar-refractivity contribution < 1.29 is 24.2 Å². The molecule has 2 N–H and O–H groups in total. The number of hydrogen-bond acceptors (Lipinski definition) is 5. The molecule has 0 saturated heterocycles. The third kappa shape index (κ3) is 6.73. The van der Waals surface area contributed by atoms with Gasteiger partial charge in [0.2, 0.25) is 0 Å². The lowest BCUT2D eigenvalue weighted by Gasteiger charge is -2.19. The topological polar surface area (TPSA) is 84.9 Å². The van der Waals surface area contributed by atoms with Crippen molar-refractivity contribution in [2.24, 2.45) is 0 Å². The molecule has 0 atom stereocenters. The number of nitrogens with one attached hydrogen (secondary N) is 1. The molecule has 1 rings (SSSR count). The van der Waals surface area contributed by atoms with Crippen LogP contribution in [0.25, 0.3) is 6.08 Å². The van der Waals surface area contributed by atoms with Gasteiger partial charge in [-0.2, -0.15) is 0 Å². The second-order valence-electron chi connectivity index (χ2n) is 6.39. The number of hydrogen-bond donors (Lipinski definition) is 2. The van der Waals surface area contributed by atoms with E-state index in [1.54, 1.807) is 33.8 Å². The number of amides is 1. The fraction of sp³-hybridized carbons (Fsp3) is 0.444. The molecule has 1 aromatic carbocycles. The summed E-state index contributed by atoms with van der Waals surface area (Å²) in [6.07, 6.45) is 2.85. The second-order valence-corrected chi connectivity index (χ2v) is 6.39. The molecule has 1 aromatic rings. The smallest absolute Gasteiger partial charge is 0.407 e. The van der Waals surface area contributed by atoms with Crippen molar-refractivity contribution in [2.75, 3.05) is 13.7 Å². The molecule has 0 aliphatic heterocycles. The van der Waals surface area contributed by atoms with Crippen molar-refractivity contribution in [1.29, 1.82) is 0 Å². The Balaban J connectivity index is 2.72. The van der Waals surface area contributed by atoms with E-state index in [9.17, 15) is 14.7 Å². The van der Waals surface area contributed by atoms with Crippen LogP contribution >= 0.6 is 0 Å². The number of phenols is 1. The lowest BCUT2D eigenvalue weighted by Crippen LogP contribution is -2.33. The highest BCUT2D eigenvalue weighted by atomic mass is 16.6. The minimum absolute atomic E-state index is 0.110. The highest BCUT2D eigenvalue weighted by Crippen LogP contribution is 2.25. The van der Waals surface area contributed by atoms with Crippen LogP contribution in [0.15, 0.2) is 18.2 Å². The molecule has 6 heteroatoms. The van der Waals surface area contributed by atoms with Gasteiger partial charge >= 0.3 is 12.1 Å². The van der Waals surface area contributed by atoms with Gasteiger partial charge in [-0.1, -0.05) is 6.07 Å². The van der Waals surface area contributed by atoms with Gasteiger partial charge in [-0.15, -0.1) is 0 Å². The molecule has 0 radical (unpaired) electrons. The molecule has 0 fully saturated rings. The Kier molecular flexibility index (Phi) is 6.82. The Hall–Kier alpha value is -2.50. The minimum Gasteiger partial charge on any atom is -0.507 e. The summed E-state index contributed by atoms with van der Waals surface area (Å²) in [4.78, 5) is 22.8. The molecule has 0 heterocycles. The van der Waals surface area contributed by atoms with Crippen molar-refractivity contribution >= 4 is 18.1 Å². The van der Waals surface area contributed by atoms with Crippen molar-refractivity contribution in [1.82, 2.24) is 5.32 Å². The number of phenolic OH excluding ortho intramolecular Hbond substituents is 1. The van der Waals surface area contributed by atoms with E-state index in [2.05, 4.69) is 10.1 Å². The predicted molar refractivity (Wildman–Crippen MR) is 91.8 cm³/mol. The zero-order valence-corrected chi connectivity index (χ0v) is 14.8. The van der Waals surface area contributed by atoms with Crippen LogP contribution < -0.4 is 5.32 Å². The minimum atomic E-state index is -0.537. The Morgan fingerprint density at radius 1 is 1.29 bits per heavy atom. The fourth-order valence-electron chi connectivity index (χ4n) is 2.00. The summed E-state index contributed by atoms with van der Waals surface area (Å²) in [7, 11) is 1.29. The van der Waals surface area contributed by atoms with Crippen LogP contribution in [0.4, 0.5) is 4.79 Å². The zero-order valence-electron chi connectivity index (χ0n) is 14.8. The molecule has 0 aliphatic rings. The van der Waals surface area contributed by atoms with Crippen LogP contribution in [-0.2, 0) is 20.7 Å². The Morgan fingerprint density at radius 2 is 1.96 bits per heavy atom. The van der Waals surface area contributed by atoms with Crippen LogP contribution in [0.1, 0.15) is 37.5 Å². The summed E-state index contributed by atoms with van der Waals surface area (Å²) in [5.41, 5.74) is 1.60. The largest absolute Gasteiger partial charge is 0.507 e. The number of methoxy groups -OCH3 is 1. The lowest BCUT2D eigenvalue weighted by atomic mass is 10.0. The van der Waals surface area contributed by atoms with Crippen LogP contribution in [0.5, 0.6) is 5.75 Å². The van der Waals surface area contributed by atoms with Gasteiger partial charge in [-0.3, -0.25) is 0 Å². The molecule has 24 heavy (non-hydrogen) atoms. The van der Waals surface area contributed by atoms with Gasteiger partial charge in [0.25, 0.3) is 0 Å². The summed E-state index contributed by atoms with van der Waals surface area (Å²) in [6.45, 7) is 7.58. The predicted octanol–water partition coefficient (Wildman–Crippen LogP) is 2.95. The summed E-state index contributed by atoms with van der Waals surface area (Å²) in [5, 5.41) is 12.7.